The number of hydrogen-bond donors (Lipinski definition) is 1. The maximum absolute atomic E-state index is 11.0. The van der Waals surface area contributed by atoms with Crippen molar-refractivity contribution < 1.29 is 9.53 Å². The zero-order chi connectivity index (χ0) is 10.3. The quantitative estimate of drug-likeness (QED) is 0.630. The molecule has 0 aromatic heterocycles. The van der Waals surface area contributed by atoms with Crippen molar-refractivity contribution >= 4 is 6.09 Å². The summed E-state index contributed by atoms with van der Waals surface area (Å²) in [6.07, 6.45) is 0.791. The summed E-state index contributed by atoms with van der Waals surface area (Å²) >= 11 is 0. The lowest BCUT2D eigenvalue weighted by Gasteiger charge is -2.41. The topological polar surface area (TPSA) is 41.6 Å². The van der Waals surface area contributed by atoms with Crippen molar-refractivity contribution in [3.63, 3.8) is 0 Å². The molecular formula is C10H18N2O2. The first kappa shape index (κ1) is 9.77. The molecule has 0 aromatic carbocycles. The number of ether oxygens (including phenoxy) is 1. The minimum absolute atomic E-state index is 0.0514. The number of carbonyl (C=O) groups is 1. The highest BCUT2D eigenvalue weighted by Crippen LogP contribution is 2.24. The zero-order valence-corrected chi connectivity index (χ0v) is 9.04. The second kappa shape index (κ2) is 3.12. The van der Waals surface area contributed by atoms with Crippen molar-refractivity contribution in [2.24, 2.45) is 0 Å². The third kappa shape index (κ3) is 1.71. The van der Waals surface area contributed by atoms with Crippen LogP contribution in [-0.4, -0.2) is 41.8 Å². The molecule has 2 unspecified atom stereocenters. The molecule has 80 valence electrons. The van der Waals surface area contributed by atoms with Crippen molar-refractivity contribution in [2.75, 3.05) is 13.1 Å². The number of piperidine rings is 1. The first-order valence-corrected chi connectivity index (χ1v) is 5.19. The predicted molar refractivity (Wildman–Crippen MR) is 53.1 cm³/mol. The van der Waals surface area contributed by atoms with E-state index >= 15 is 0 Å². The summed E-state index contributed by atoms with van der Waals surface area (Å²) in [5, 5.41) is 2.84. The normalized spacial score (nSPS) is 33.5. The van der Waals surface area contributed by atoms with Crippen LogP contribution in [0.25, 0.3) is 0 Å². The third-order valence-corrected chi connectivity index (χ3v) is 3.07. The maximum Gasteiger partial charge on any atom is 0.407 e. The highest BCUT2D eigenvalue weighted by atomic mass is 16.6. The van der Waals surface area contributed by atoms with Gasteiger partial charge >= 0.3 is 6.09 Å². The molecular weight excluding hydrogens is 180 g/mol. The van der Waals surface area contributed by atoms with Crippen LogP contribution in [0.2, 0.25) is 0 Å². The van der Waals surface area contributed by atoms with E-state index in [0.717, 1.165) is 19.5 Å². The molecule has 1 N–H and O–H groups in total. The predicted octanol–water partition coefficient (Wildman–Crippen LogP) is 0.968. The number of amides is 1. The number of rotatable bonds is 0. The molecule has 2 rings (SSSR count). The number of hydrogen-bond acceptors (Lipinski definition) is 3. The van der Waals surface area contributed by atoms with E-state index in [9.17, 15) is 4.79 Å². The molecule has 0 aromatic rings. The molecule has 0 radical (unpaired) electrons. The molecule has 0 aliphatic carbocycles. The van der Waals surface area contributed by atoms with E-state index in [1.165, 1.54) is 0 Å². The van der Waals surface area contributed by atoms with Gasteiger partial charge in [-0.05, 0) is 27.2 Å². The molecule has 2 aliphatic rings. The lowest BCUT2D eigenvalue weighted by molar-refractivity contribution is 0.0255. The lowest BCUT2D eigenvalue weighted by atomic mass is 9.97. The fourth-order valence-electron chi connectivity index (χ4n) is 2.13. The largest absolute Gasteiger partial charge is 0.443 e. The average molecular weight is 198 g/mol. The Balaban J connectivity index is 2.01. The SMILES string of the molecule is CC(C)(C)N1CCC2NC(=O)OC2C1. The van der Waals surface area contributed by atoms with Gasteiger partial charge in [0.1, 0.15) is 6.10 Å². The average Bonchev–Trinajstić information content (AvgIpc) is 2.41. The van der Waals surface area contributed by atoms with Crippen LogP contribution in [0.5, 0.6) is 0 Å². The molecule has 2 fully saturated rings. The molecule has 4 nitrogen and oxygen atoms in total. The van der Waals surface area contributed by atoms with E-state index in [4.69, 9.17) is 4.74 Å². The number of nitrogens with one attached hydrogen (secondary N) is 1. The number of fused-ring (bicyclic) bond motifs is 1. The van der Waals surface area contributed by atoms with E-state index in [0.29, 0.717) is 0 Å². The maximum atomic E-state index is 11.0. The summed E-state index contributed by atoms with van der Waals surface area (Å²) in [5.41, 5.74) is 0.167. The molecule has 2 atom stereocenters. The standard InChI is InChI=1S/C10H18N2O2/c1-10(2,3)12-5-4-7-8(6-12)14-9(13)11-7/h7-8H,4-6H2,1-3H3,(H,11,13). The van der Waals surface area contributed by atoms with E-state index < -0.39 is 0 Å². The van der Waals surface area contributed by atoms with Gasteiger partial charge in [0.25, 0.3) is 0 Å². The molecule has 4 heteroatoms. The summed E-state index contributed by atoms with van der Waals surface area (Å²) in [6, 6.07) is 0.237. The van der Waals surface area contributed by atoms with E-state index in [2.05, 4.69) is 31.0 Å². The van der Waals surface area contributed by atoms with Gasteiger partial charge in [-0.2, -0.15) is 0 Å². The third-order valence-electron chi connectivity index (χ3n) is 3.07. The molecule has 2 aliphatic heterocycles. The molecule has 1 amide bonds. The van der Waals surface area contributed by atoms with Gasteiger partial charge < -0.3 is 10.1 Å². The van der Waals surface area contributed by atoms with Gasteiger partial charge in [0.2, 0.25) is 0 Å². The number of likely N-dealkylation sites (tertiary alicyclic amines) is 1. The fourth-order valence-corrected chi connectivity index (χ4v) is 2.13. The van der Waals surface area contributed by atoms with Crippen LogP contribution in [0, 0.1) is 0 Å². The summed E-state index contributed by atoms with van der Waals surface area (Å²) in [4.78, 5) is 13.4. The first-order valence-electron chi connectivity index (χ1n) is 5.19. The number of carbonyl (C=O) groups excluding carboxylic acids is 1. The molecule has 2 heterocycles. The van der Waals surface area contributed by atoms with Gasteiger partial charge in [-0.15, -0.1) is 0 Å². The van der Waals surface area contributed by atoms with Crippen LogP contribution in [-0.2, 0) is 4.74 Å². The van der Waals surface area contributed by atoms with Gasteiger partial charge in [-0.25, -0.2) is 4.79 Å². The molecule has 14 heavy (non-hydrogen) atoms. The van der Waals surface area contributed by atoms with Crippen molar-refractivity contribution in [3.05, 3.63) is 0 Å². The monoisotopic (exact) mass is 198 g/mol. The van der Waals surface area contributed by atoms with Gasteiger partial charge in [-0.3, -0.25) is 4.90 Å². The Morgan fingerprint density at radius 2 is 2.21 bits per heavy atom. The Labute approximate surface area is 84.6 Å². The summed E-state index contributed by atoms with van der Waals surface area (Å²) in [7, 11) is 0. The summed E-state index contributed by atoms with van der Waals surface area (Å²) in [6.45, 7) is 8.47. The number of alkyl carbamates (subject to hydrolysis) is 1. The Morgan fingerprint density at radius 1 is 1.50 bits per heavy atom. The van der Waals surface area contributed by atoms with Gasteiger partial charge in [0.15, 0.2) is 0 Å². The minimum atomic E-state index is -0.254. The van der Waals surface area contributed by atoms with Crippen LogP contribution in [0.1, 0.15) is 27.2 Å². The highest BCUT2D eigenvalue weighted by Gasteiger charge is 2.40. The molecule has 0 saturated carbocycles. The Hall–Kier alpha value is -0.770. The zero-order valence-electron chi connectivity index (χ0n) is 9.04. The highest BCUT2D eigenvalue weighted by molar-refractivity contribution is 5.70. The molecule has 0 bridgehead atoms. The summed E-state index contributed by atoms with van der Waals surface area (Å²) in [5.74, 6) is 0. The number of nitrogens with zero attached hydrogens (tertiary/aromatic N) is 1. The molecule has 2 saturated heterocycles. The van der Waals surface area contributed by atoms with Crippen LogP contribution in [0.3, 0.4) is 0 Å². The Morgan fingerprint density at radius 3 is 2.86 bits per heavy atom. The van der Waals surface area contributed by atoms with E-state index in [1.54, 1.807) is 0 Å². The Bertz CT molecular complexity index is 247. The van der Waals surface area contributed by atoms with Gasteiger partial charge in [0, 0.05) is 18.6 Å². The van der Waals surface area contributed by atoms with E-state index in [-0.39, 0.29) is 23.8 Å². The van der Waals surface area contributed by atoms with Crippen LogP contribution in [0.4, 0.5) is 4.79 Å². The van der Waals surface area contributed by atoms with E-state index in [1.807, 2.05) is 0 Å². The van der Waals surface area contributed by atoms with Crippen LogP contribution >= 0.6 is 0 Å². The van der Waals surface area contributed by atoms with Gasteiger partial charge in [0.05, 0.1) is 6.04 Å². The molecule has 0 spiro atoms. The summed E-state index contributed by atoms with van der Waals surface area (Å²) < 4.78 is 5.20. The second-order valence-electron chi connectivity index (χ2n) is 5.10. The minimum Gasteiger partial charge on any atom is -0.443 e. The lowest BCUT2D eigenvalue weighted by Crippen LogP contribution is -2.54. The smallest absolute Gasteiger partial charge is 0.407 e. The van der Waals surface area contributed by atoms with Crippen molar-refractivity contribution in [1.82, 2.24) is 10.2 Å². The van der Waals surface area contributed by atoms with Crippen molar-refractivity contribution in [2.45, 2.75) is 44.9 Å². The fraction of sp³-hybridized carbons (Fsp3) is 0.900. The first-order chi connectivity index (χ1) is 6.47. The van der Waals surface area contributed by atoms with Crippen molar-refractivity contribution in [3.8, 4) is 0 Å². The van der Waals surface area contributed by atoms with Gasteiger partial charge in [-0.1, -0.05) is 0 Å². The van der Waals surface area contributed by atoms with Crippen LogP contribution in [0.15, 0.2) is 0 Å². The van der Waals surface area contributed by atoms with Crippen LogP contribution < -0.4 is 5.32 Å². The second-order valence-corrected chi connectivity index (χ2v) is 5.10. The Kier molecular flexibility index (Phi) is 2.18. The van der Waals surface area contributed by atoms with Crippen molar-refractivity contribution in [1.29, 1.82) is 0 Å².